The molecule has 0 spiro atoms. The van der Waals surface area contributed by atoms with Crippen LogP contribution in [0.25, 0.3) is 0 Å². The number of esters is 2. The van der Waals surface area contributed by atoms with Crippen molar-refractivity contribution >= 4 is 182 Å². The van der Waals surface area contributed by atoms with Crippen molar-refractivity contribution in [3.63, 3.8) is 0 Å². The molecule has 0 aromatic heterocycles. The number of hydrogen-bond donors (Lipinski definition) is 4. The first-order valence-corrected chi connectivity index (χ1v) is 74.8. The lowest BCUT2D eigenvalue weighted by molar-refractivity contribution is -0.882. The number of ether oxygens (including phenoxy) is 2. The minimum atomic E-state index is -2.26. The zero-order chi connectivity index (χ0) is 82.0. The molecule has 0 unspecified atom stereocenters. The molecule has 0 bridgehead atoms. The van der Waals surface area contributed by atoms with E-state index >= 15 is 0 Å². The van der Waals surface area contributed by atoms with Crippen molar-refractivity contribution in [2.45, 2.75) is 366 Å². The highest BCUT2D eigenvalue weighted by Crippen LogP contribution is 2.29. The minimum Gasteiger partial charge on any atom is -1.00 e. The van der Waals surface area contributed by atoms with Crippen molar-refractivity contribution in [1.82, 2.24) is 20.9 Å². The Labute approximate surface area is 785 Å². The van der Waals surface area contributed by atoms with Crippen molar-refractivity contribution < 1.29 is 88.1 Å². The van der Waals surface area contributed by atoms with Crippen LogP contribution in [0.15, 0.2) is 24.3 Å². The maximum Gasteiger partial charge on any atom is 0.333 e. The first-order chi connectivity index (χ1) is 45.4. The highest BCUT2D eigenvalue weighted by Gasteiger charge is 2.43. The van der Waals surface area contributed by atoms with Gasteiger partial charge < -0.3 is 85.9 Å². The number of likely N-dealkylation sites (N-methyl/N-ethyl adjacent to an activating group) is 2. The highest BCUT2D eigenvalue weighted by atomic mass is 35.5. The van der Waals surface area contributed by atoms with Gasteiger partial charge in [0.2, 0.25) is 17.1 Å². The molecule has 744 valence electrons. The topological polar surface area (TPSA) is 260 Å². The fourth-order valence-corrected chi connectivity index (χ4v) is 60.0. The summed E-state index contributed by atoms with van der Waals surface area (Å²) in [4.78, 5) is 68.2. The molecule has 0 aliphatic heterocycles. The van der Waals surface area contributed by atoms with Crippen LogP contribution in [0, 0.1) is 0 Å². The number of alkyl halides is 3. The molecule has 0 radical (unpaired) electrons. The summed E-state index contributed by atoms with van der Waals surface area (Å²) in [5.41, 5.74) is 6.42. The number of quaternary nitrogens is 1. The van der Waals surface area contributed by atoms with Gasteiger partial charge in [0.05, 0.1) is 20.0 Å². The molecule has 0 heterocycles. The molecule has 0 aromatic rings. The van der Waals surface area contributed by atoms with Crippen molar-refractivity contribution in [1.29, 1.82) is 0 Å². The zero-order valence-corrected chi connectivity index (χ0v) is 86.7. The lowest BCUT2D eigenvalue weighted by atomic mass is 10.3. The number of rotatable bonds is 44. The van der Waals surface area contributed by atoms with E-state index in [-0.39, 0.29) is 179 Å². The average Bonchev–Trinajstić information content (AvgIpc) is 0.857. The zero-order valence-electron chi connectivity index (χ0n) is 70.9. The Morgan fingerprint density at radius 3 is 0.723 bits per heavy atom. The van der Waals surface area contributed by atoms with E-state index in [0.29, 0.717) is 55.0 Å². The van der Waals surface area contributed by atoms with E-state index in [2.05, 4.69) is 212 Å². The van der Waals surface area contributed by atoms with Crippen LogP contribution in [0.3, 0.4) is 0 Å². The summed E-state index contributed by atoms with van der Waals surface area (Å²) < 4.78 is 61.6. The smallest absolute Gasteiger partial charge is 0.333 e. The molecule has 0 aromatic carbocycles. The van der Waals surface area contributed by atoms with Gasteiger partial charge in [0.1, 0.15) is 31.5 Å². The lowest BCUT2D eigenvalue weighted by Gasteiger charge is -2.38. The average molecular weight is 2030 g/mol. The first kappa shape index (κ1) is 180. The SMILES string of the molecule is C.C.C.C.C.C.C.C.C.C.C.C.C.C.C.C.C=C(C)C(=O)OCCN(C)C.C=C(C)C(=O)OCC[N+](C)(C)CC(=O)NCCC[Si](C)(O[Si](C)(C)C)O[Si](C)(C)C.C[Si](C)(C)O[Si](C)(CCCN)O[Si](C)(C)C.C[Si](C)(C)O[Si](C)(CCCNC(=O)CCl)O[Si](C)(C)C.C[Si](C)(C)O[Si](C)(CCCNC(=O)CCl)O[Si](C)(C)C.O=C(Cl)CCl.[Cl-]. The van der Waals surface area contributed by atoms with Crippen LogP contribution in [0.4, 0.5) is 0 Å². The fraction of sp³-hybridized carbons (Fsp3) is 0.875. The normalized spacial score (nSPS) is 11.0. The summed E-state index contributed by atoms with van der Waals surface area (Å²) in [6.07, 6.45) is 3.60. The Hall–Kier alpha value is 0.113. The first-order valence-electron chi connectivity index (χ1n) is 35.5. The van der Waals surface area contributed by atoms with E-state index in [0.717, 1.165) is 62.9 Å². The number of nitrogens with one attached hydrogen (secondary N) is 3. The molecular formula is C80H215Cl5N6O16Si12. The monoisotopic (exact) mass is 2030 g/mol. The van der Waals surface area contributed by atoms with Crippen molar-refractivity contribution in [2.75, 3.05) is 105 Å². The van der Waals surface area contributed by atoms with Gasteiger partial charge in [0.15, 0.2) is 73.1 Å². The number of nitrogens with two attached hydrogens (primary N) is 1. The number of carbonyl (C=O) groups excluding carboxylic acids is 6. The maximum atomic E-state index is 12.4. The molecule has 0 fully saturated rings. The molecule has 22 nitrogen and oxygen atoms in total. The Kier molecular flexibility index (Phi) is 128. The highest BCUT2D eigenvalue weighted by molar-refractivity contribution is 6.90. The maximum absolute atomic E-state index is 12.4. The van der Waals surface area contributed by atoms with E-state index in [1.807, 2.05) is 33.1 Å². The van der Waals surface area contributed by atoms with Crippen LogP contribution >= 0.6 is 46.4 Å². The van der Waals surface area contributed by atoms with E-state index in [4.69, 9.17) is 94.5 Å². The Morgan fingerprint density at radius 1 is 0.361 bits per heavy atom. The van der Waals surface area contributed by atoms with Crippen LogP contribution in [-0.4, -0.2) is 250 Å². The van der Waals surface area contributed by atoms with Crippen LogP contribution in [0.1, 0.15) is 158 Å². The second-order valence-corrected chi connectivity index (χ2v) is 87.3. The van der Waals surface area contributed by atoms with Crippen LogP contribution in [-0.2, 0) is 71.2 Å². The van der Waals surface area contributed by atoms with Gasteiger partial charge in [-0.1, -0.05) is 132 Å². The van der Waals surface area contributed by atoms with Gasteiger partial charge in [0, 0.05) is 37.3 Å². The molecule has 0 rings (SSSR count). The van der Waals surface area contributed by atoms with E-state index in [1.54, 1.807) is 13.8 Å². The molecule has 0 saturated carbocycles. The quantitative estimate of drug-likeness (QED) is 0.00840. The van der Waals surface area contributed by atoms with Crippen LogP contribution < -0.4 is 34.1 Å². The van der Waals surface area contributed by atoms with Gasteiger partial charge in [-0.3, -0.25) is 19.2 Å². The predicted molar refractivity (Wildman–Crippen MR) is 570 cm³/mol. The van der Waals surface area contributed by atoms with Gasteiger partial charge >= 0.3 is 46.2 Å². The molecule has 119 heavy (non-hydrogen) atoms. The molecule has 3 amide bonds. The minimum absolute atomic E-state index is 0. The third-order valence-corrected chi connectivity index (χ3v) is 51.2. The fourth-order valence-electron chi connectivity index (χ4n) is 9.58. The summed E-state index contributed by atoms with van der Waals surface area (Å²) in [6, 6.07) is 3.71. The number of hydrogen-bond acceptors (Lipinski definition) is 18. The Bertz CT molecular complexity index is 2310. The largest absolute Gasteiger partial charge is 1.00 e. The lowest BCUT2D eigenvalue weighted by Crippen LogP contribution is -3.00. The van der Waals surface area contributed by atoms with Gasteiger partial charge in [-0.05, 0) is 279 Å². The molecule has 0 aliphatic carbocycles. The molecule has 0 saturated heterocycles. The summed E-state index contributed by atoms with van der Waals surface area (Å²) >= 11 is 20.5. The molecule has 0 atom stereocenters. The summed E-state index contributed by atoms with van der Waals surface area (Å²) in [6.45, 7) is 76.8. The third kappa shape index (κ3) is 134. The number of carbonyl (C=O) groups is 6. The summed E-state index contributed by atoms with van der Waals surface area (Å²) in [7, 11) is -13.8. The number of amides is 3. The van der Waals surface area contributed by atoms with E-state index in [1.165, 1.54) is 0 Å². The van der Waals surface area contributed by atoms with Crippen LogP contribution in [0.2, 0.25) is 207 Å². The van der Waals surface area contributed by atoms with Crippen molar-refractivity contribution in [3.05, 3.63) is 24.3 Å². The van der Waals surface area contributed by atoms with Gasteiger partial charge in [-0.25, -0.2) is 9.59 Å². The van der Waals surface area contributed by atoms with Gasteiger partial charge in [-0.15, -0.1) is 34.8 Å². The Morgan fingerprint density at radius 2 is 0.555 bits per heavy atom. The van der Waals surface area contributed by atoms with Gasteiger partial charge in [-0.2, -0.15) is 0 Å². The van der Waals surface area contributed by atoms with E-state index in [9.17, 15) is 28.8 Å². The second-order valence-electron chi connectivity index (χ2n) is 34.7. The summed E-state index contributed by atoms with van der Waals surface area (Å²) in [5.74, 6) is -1.01. The number of nitrogens with zero attached hydrogens (tertiary/aromatic N) is 2. The molecular weight excluding hydrogens is 1820 g/mol. The predicted octanol–water partition coefficient (Wildman–Crippen LogP) is 22.4. The van der Waals surface area contributed by atoms with E-state index < -0.39 is 112 Å². The third-order valence-electron chi connectivity index (χ3n) is 11.7. The van der Waals surface area contributed by atoms with Gasteiger partial charge in [0.25, 0.3) is 5.91 Å². The molecule has 39 heteroatoms. The molecule has 0 aliphatic rings. The second kappa shape index (κ2) is 84.9. The van der Waals surface area contributed by atoms with Crippen LogP contribution in [0.5, 0.6) is 0 Å². The number of halogens is 5. The summed E-state index contributed by atoms with van der Waals surface area (Å²) in [5, 5.41) is 8.09. The van der Waals surface area contributed by atoms with Crippen molar-refractivity contribution in [3.8, 4) is 0 Å². The van der Waals surface area contributed by atoms with Crippen molar-refractivity contribution in [2.24, 2.45) is 5.73 Å². The molecule has 5 N–H and O–H groups in total. The Balaban J connectivity index is -0.0000000449. The standard InChI is InChI=1S/C20H44N2O5Si3.2C12H30ClNO3Si3.C10H29NO2Si3.C8H15NO2.C2H2Cl2O.16CH4.ClH/c1-18(2)20(24)25-15-14-22(3,4)17-19(23)21-13-12-16-30(11,26-28(5,6)7)27-29(8,9)10;2*1-18(2,3)16-20(7,17-19(4,5)6)10-8-9-14-12(15)11-13;1-14(2,3)12-16(7,10-8-9-11)13-15(4,5)6;1-7(2)8(10)11-6-5-9(3)4;3-1-2(4)5;;;;;;;;;;;;;;;;;/h1,12-17H2,2-11H3;2*8-11H2,1-7H3,(H,14,15);8-11H2,1-7H3;1,5-6H2,2-4H3;1H2;16*1H4;1H.